The zero-order chi connectivity index (χ0) is 12.5. The summed E-state index contributed by atoms with van der Waals surface area (Å²) in [6, 6.07) is 0. The Morgan fingerprint density at radius 2 is 2.00 bits per heavy atom. The third kappa shape index (κ3) is 2.03. The number of likely N-dealkylation sites (tertiary alicyclic amines) is 1. The van der Waals surface area contributed by atoms with Crippen molar-refractivity contribution < 1.29 is 4.79 Å². The standard InChI is InChI=1S/C13H20N4O/c1-9-12(8-15-16-9)13(18)17-4-2-10-6-14-7-11(10)3-5-17/h8,10-11,14H,2-7H2,1H3,(H,15,16)/t10-,11+. The number of nitrogens with zero attached hydrogens (tertiary/aromatic N) is 2. The topological polar surface area (TPSA) is 61.0 Å². The van der Waals surface area contributed by atoms with Crippen LogP contribution in [0.1, 0.15) is 28.9 Å². The quantitative estimate of drug-likeness (QED) is 0.772. The number of hydrogen-bond acceptors (Lipinski definition) is 3. The molecule has 3 heterocycles. The Balaban J connectivity index is 1.70. The van der Waals surface area contributed by atoms with Crippen LogP contribution >= 0.6 is 0 Å². The predicted molar refractivity (Wildman–Crippen MR) is 68.3 cm³/mol. The molecular formula is C13H20N4O. The maximum absolute atomic E-state index is 12.4. The van der Waals surface area contributed by atoms with Crippen LogP contribution in [-0.2, 0) is 0 Å². The van der Waals surface area contributed by atoms with E-state index in [0.29, 0.717) is 0 Å². The van der Waals surface area contributed by atoms with Crippen molar-refractivity contribution in [1.29, 1.82) is 0 Å². The summed E-state index contributed by atoms with van der Waals surface area (Å²) in [7, 11) is 0. The van der Waals surface area contributed by atoms with E-state index in [4.69, 9.17) is 0 Å². The van der Waals surface area contributed by atoms with Gasteiger partial charge in [0.1, 0.15) is 0 Å². The summed E-state index contributed by atoms with van der Waals surface area (Å²) in [6.45, 7) is 5.91. The van der Waals surface area contributed by atoms with Gasteiger partial charge in [0.15, 0.2) is 0 Å². The highest BCUT2D eigenvalue weighted by Crippen LogP contribution is 2.27. The first-order chi connectivity index (χ1) is 8.75. The molecule has 0 radical (unpaired) electrons. The van der Waals surface area contributed by atoms with Crippen LogP contribution in [0.5, 0.6) is 0 Å². The number of H-pyrrole nitrogens is 1. The first-order valence-corrected chi connectivity index (χ1v) is 6.75. The fourth-order valence-corrected chi connectivity index (χ4v) is 3.16. The Labute approximate surface area is 107 Å². The minimum atomic E-state index is 0.134. The number of amides is 1. The zero-order valence-electron chi connectivity index (χ0n) is 10.8. The van der Waals surface area contributed by atoms with E-state index in [1.165, 1.54) is 0 Å². The highest BCUT2D eigenvalue weighted by Gasteiger charge is 2.32. The minimum Gasteiger partial charge on any atom is -0.339 e. The van der Waals surface area contributed by atoms with Crippen LogP contribution in [-0.4, -0.2) is 47.2 Å². The van der Waals surface area contributed by atoms with Crippen LogP contribution in [0.25, 0.3) is 0 Å². The van der Waals surface area contributed by atoms with Crippen LogP contribution in [0.15, 0.2) is 6.20 Å². The number of carbonyl (C=O) groups is 1. The van der Waals surface area contributed by atoms with Crippen molar-refractivity contribution in [3.63, 3.8) is 0 Å². The van der Waals surface area contributed by atoms with Crippen molar-refractivity contribution in [2.24, 2.45) is 11.8 Å². The summed E-state index contributed by atoms with van der Waals surface area (Å²) < 4.78 is 0. The number of hydrogen-bond donors (Lipinski definition) is 2. The monoisotopic (exact) mass is 248 g/mol. The van der Waals surface area contributed by atoms with Gasteiger partial charge in [0.25, 0.3) is 5.91 Å². The van der Waals surface area contributed by atoms with Crippen molar-refractivity contribution in [1.82, 2.24) is 20.4 Å². The average Bonchev–Trinajstić information content (AvgIpc) is 2.94. The molecule has 1 aromatic rings. The van der Waals surface area contributed by atoms with Gasteiger partial charge in [-0.15, -0.1) is 0 Å². The van der Waals surface area contributed by atoms with Gasteiger partial charge in [-0.1, -0.05) is 0 Å². The van der Waals surface area contributed by atoms with Crippen molar-refractivity contribution in [2.75, 3.05) is 26.2 Å². The Hall–Kier alpha value is -1.36. The highest BCUT2D eigenvalue weighted by molar-refractivity contribution is 5.95. The number of aromatic nitrogens is 2. The molecule has 5 heteroatoms. The molecule has 2 saturated heterocycles. The molecule has 0 spiro atoms. The van der Waals surface area contributed by atoms with E-state index >= 15 is 0 Å². The molecule has 1 aromatic heterocycles. The predicted octanol–water partition coefficient (Wildman–Crippen LogP) is 0.790. The maximum atomic E-state index is 12.4. The van der Waals surface area contributed by atoms with Gasteiger partial charge in [-0.05, 0) is 44.7 Å². The van der Waals surface area contributed by atoms with E-state index in [1.807, 2.05) is 11.8 Å². The third-order valence-electron chi connectivity index (χ3n) is 4.37. The summed E-state index contributed by atoms with van der Waals surface area (Å²) in [5.74, 6) is 1.65. The normalized spacial score (nSPS) is 27.9. The van der Waals surface area contributed by atoms with Crippen LogP contribution in [0.4, 0.5) is 0 Å². The van der Waals surface area contributed by atoms with Gasteiger partial charge in [0.2, 0.25) is 0 Å². The summed E-state index contributed by atoms with van der Waals surface area (Å²) in [5, 5.41) is 10.2. The molecule has 3 rings (SSSR count). The van der Waals surface area contributed by atoms with Crippen LogP contribution < -0.4 is 5.32 Å². The second kappa shape index (κ2) is 4.72. The van der Waals surface area contributed by atoms with Gasteiger partial charge in [-0.3, -0.25) is 9.89 Å². The molecule has 0 aromatic carbocycles. The van der Waals surface area contributed by atoms with Crippen molar-refractivity contribution in [3.05, 3.63) is 17.5 Å². The third-order valence-corrected chi connectivity index (χ3v) is 4.37. The van der Waals surface area contributed by atoms with Crippen LogP contribution in [0, 0.1) is 18.8 Å². The SMILES string of the molecule is Cc1[nH]ncc1C(=O)N1CC[C@@H]2CNC[C@@H]2CC1. The minimum absolute atomic E-state index is 0.134. The second-order valence-corrected chi connectivity index (χ2v) is 5.46. The fourth-order valence-electron chi connectivity index (χ4n) is 3.16. The molecule has 98 valence electrons. The van der Waals surface area contributed by atoms with E-state index in [2.05, 4.69) is 15.5 Å². The molecule has 5 nitrogen and oxygen atoms in total. The van der Waals surface area contributed by atoms with Crippen molar-refractivity contribution in [2.45, 2.75) is 19.8 Å². The van der Waals surface area contributed by atoms with E-state index < -0.39 is 0 Å². The summed E-state index contributed by atoms with van der Waals surface area (Å²) in [4.78, 5) is 14.4. The van der Waals surface area contributed by atoms with Crippen molar-refractivity contribution in [3.8, 4) is 0 Å². The second-order valence-electron chi connectivity index (χ2n) is 5.46. The first-order valence-electron chi connectivity index (χ1n) is 6.75. The molecule has 0 unspecified atom stereocenters. The first kappa shape index (κ1) is 11.7. The molecule has 2 N–H and O–H groups in total. The Bertz CT molecular complexity index is 428. The molecule has 0 aliphatic carbocycles. The van der Waals surface area contributed by atoms with Gasteiger partial charge in [-0.2, -0.15) is 5.10 Å². The Morgan fingerprint density at radius 1 is 1.33 bits per heavy atom. The van der Waals surface area contributed by atoms with Gasteiger partial charge in [-0.25, -0.2) is 0 Å². The molecule has 2 fully saturated rings. The molecule has 18 heavy (non-hydrogen) atoms. The number of rotatable bonds is 1. The van der Waals surface area contributed by atoms with Crippen LogP contribution in [0.3, 0.4) is 0 Å². The number of aromatic amines is 1. The Morgan fingerprint density at radius 3 is 2.56 bits per heavy atom. The summed E-state index contributed by atoms with van der Waals surface area (Å²) >= 11 is 0. The number of aryl methyl sites for hydroxylation is 1. The van der Waals surface area contributed by atoms with Crippen molar-refractivity contribution >= 4 is 5.91 Å². The summed E-state index contributed by atoms with van der Waals surface area (Å²) in [6.07, 6.45) is 3.89. The lowest BCUT2D eigenvalue weighted by Crippen LogP contribution is -2.32. The Kier molecular flexibility index (Phi) is 3.07. The van der Waals surface area contributed by atoms with E-state index in [0.717, 1.165) is 62.1 Å². The zero-order valence-corrected chi connectivity index (χ0v) is 10.8. The van der Waals surface area contributed by atoms with Gasteiger partial charge in [0.05, 0.1) is 11.8 Å². The largest absolute Gasteiger partial charge is 0.339 e. The molecular weight excluding hydrogens is 228 g/mol. The fraction of sp³-hybridized carbons (Fsp3) is 0.692. The molecule has 0 bridgehead atoms. The molecule has 2 aliphatic rings. The number of fused-ring (bicyclic) bond motifs is 1. The van der Waals surface area contributed by atoms with Crippen LogP contribution in [0.2, 0.25) is 0 Å². The average molecular weight is 248 g/mol. The smallest absolute Gasteiger partial charge is 0.257 e. The van der Waals surface area contributed by atoms with Gasteiger partial charge in [0, 0.05) is 18.8 Å². The van der Waals surface area contributed by atoms with Gasteiger partial charge >= 0.3 is 0 Å². The molecule has 2 aliphatic heterocycles. The lowest BCUT2D eigenvalue weighted by molar-refractivity contribution is 0.0758. The molecule has 2 atom stereocenters. The molecule has 0 saturated carbocycles. The van der Waals surface area contributed by atoms with E-state index in [9.17, 15) is 4.79 Å². The number of carbonyl (C=O) groups excluding carboxylic acids is 1. The highest BCUT2D eigenvalue weighted by atomic mass is 16.2. The maximum Gasteiger partial charge on any atom is 0.257 e. The lowest BCUT2D eigenvalue weighted by atomic mass is 9.92. The van der Waals surface area contributed by atoms with E-state index in [-0.39, 0.29) is 5.91 Å². The lowest BCUT2D eigenvalue weighted by Gasteiger charge is -2.20. The van der Waals surface area contributed by atoms with Gasteiger partial charge < -0.3 is 10.2 Å². The number of nitrogens with one attached hydrogen (secondary N) is 2. The summed E-state index contributed by atoms with van der Waals surface area (Å²) in [5.41, 5.74) is 1.59. The molecule has 1 amide bonds. The van der Waals surface area contributed by atoms with E-state index in [1.54, 1.807) is 6.20 Å².